The van der Waals surface area contributed by atoms with Crippen LogP contribution in [0, 0.1) is 12.7 Å². The Kier molecular flexibility index (Phi) is 1.75. The highest BCUT2D eigenvalue weighted by Crippen LogP contribution is 2.35. The third kappa shape index (κ3) is 1.17. The molecule has 2 rings (SSSR count). The van der Waals surface area contributed by atoms with E-state index in [9.17, 15) is 4.39 Å². The molecule has 0 radical (unpaired) electrons. The quantitative estimate of drug-likeness (QED) is 0.596. The number of hydrogen-bond acceptors (Lipinski definition) is 2. The summed E-state index contributed by atoms with van der Waals surface area (Å²) < 4.78 is 13.2. The van der Waals surface area contributed by atoms with Gasteiger partial charge in [-0.15, -0.1) is 0 Å². The third-order valence-electron chi connectivity index (χ3n) is 1.58. The van der Waals surface area contributed by atoms with E-state index in [0.29, 0.717) is 10.6 Å². The second-order valence-electron chi connectivity index (χ2n) is 2.57. The summed E-state index contributed by atoms with van der Waals surface area (Å²) in [5.74, 6) is 2.49. The second kappa shape index (κ2) is 2.77. The topological polar surface area (TPSA) is 12.4 Å². The number of fused-ring (bicyclic) bond motifs is 1. The molecule has 0 N–H and O–H groups in total. The molecule has 0 saturated heterocycles. The molecular weight excluding hydrogens is 173 g/mol. The number of hydrogen-bond donors (Lipinski definition) is 0. The molecule has 0 aliphatic carbocycles. The van der Waals surface area contributed by atoms with Crippen LogP contribution in [0.1, 0.15) is 5.56 Å². The molecule has 0 fully saturated rings. The van der Waals surface area contributed by atoms with Gasteiger partial charge in [0.15, 0.2) is 0 Å². The minimum absolute atomic E-state index is 0.198. The van der Waals surface area contributed by atoms with Crippen molar-refractivity contribution in [2.24, 2.45) is 4.99 Å². The number of halogens is 1. The fraction of sp³-hybridized carbons (Fsp3) is 0.111. The lowest BCUT2D eigenvalue weighted by molar-refractivity contribution is 0.602. The van der Waals surface area contributed by atoms with Crippen LogP contribution in [0.15, 0.2) is 27.4 Å². The number of aliphatic imine (C=N–C) groups is 1. The monoisotopic (exact) mass is 179 g/mol. The first kappa shape index (κ1) is 7.59. The van der Waals surface area contributed by atoms with Crippen LogP contribution < -0.4 is 0 Å². The summed E-state index contributed by atoms with van der Waals surface area (Å²) in [4.78, 5) is 4.54. The summed E-state index contributed by atoms with van der Waals surface area (Å²) in [6.45, 7) is 1.85. The molecule has 1 aromatic carbocycles. The van der Waals surface area contributed by atoms with E-state index in [1.807, 2.05) is 13.0 Å². The molecule has 1 aliphatic rings. The molecule has 0 amide bonds. The Morgan fingerprint density at radius 2 is 2.33 bits per heavy atom. The molecule has 3 heteroatoms. The first-order valence-corrected chi connectivity index (χ1v) is 4.40. The molecule has 0 spiro atoms. The van der Waals surface area contributed by atoms with Gasteiger partial charge in [-0.2, -0.15) is 0 Å². The molecule has 0 saturated carbocycles. The van der Waals surface area contributed by atoms with Crippen molar-refractivity contribution in [2.75, 3.05) is 0 Å². The van der Waals surface area contributed by atoms with Gasteiger partial charge in [0.25, 0.3) is 0 Å². The smallest absolute Gasteiger partial charge is 0.139 e. The molecule has 60 valence electrons. The van der Waals surface area contributed by atoms with Crippen molar-refractivity contribution in [1.29, 1.82) is 0 Å². The number of nitrogens with zero attached hydrogens (tertiary/aromatic N) is 1. The maximum atomic E-state index is 13.2. The Hall–Kier alpha value is -1.05. The molecule has 1 nitrogen and oxygen atoms in total. The Labute approximate surface area is 74.0 Å². The van der Waals surface area contributed by atoms with E-state index in [1.165, 1.54) is 17.8 Å². The minimum Gasteiger partial charge on any atom is -0.206 e. The minimum atomic E-state index is -0.198. The number of thioether (sulfide) groups is 1. The van der Waals surface area contributed by atoms with Crippen molar-refractivity contribution in [3.8, 4) is 0 Å². The van der Waals surface area contributed by atoms with Crippen LogP contribution in [0.3, 0.4) is 0 Å². The van der Waals surface area contributed by atoms with Crippen molar-refractivity contribution >= 4 is 23.3 Å². The molecule has 1 heterocycles. The zero-order chi connectivity index (χ0) is 8.55. The van der Waals surface area contributed by atoms with Gasteiger partial charge in [-0.05, 0) is 30.5 Å². The lowest BCUT2D eigenvalue weighted by Crippen LogP contribution is -1.85. The molecule has 0 bridgehead atoms. The standard InChI is InChI=1S/C9H6FNS/c1-6-4-7(10)9-8(5-6)11-2-3-12-9/h3-5H,1H3. The third-order valence-corrected chi connectivity index (χ3v) is 2.45. The van der Waals surface area contributed by atoms with Crippen LogP contribution >= 0.6 is 11.8 Å². The first-order chi connectivity index (χ1) is 5.77. The highest BCUT2D eigenvalue weighted by atomic mass is 32.2. The summed E-state index contributed by atoms with van der Waals surface area (Å²) in [6, 6.07) is 3.37. The van der Waals surface area contributed by atoms with E-state index in [-0.39, 0.29) is 5.82 Å². The van der Waals surface area contributed by atoms with Gasteiger partial charge in [-0.1, -0.05) is 11.8 Å². The summed E-state index contributed by atoms with van der Waals surface area (Å²) >= 11 is 1.32. The summed E-state index contributed by atoms with van der Waals surface area (Å²) in [5, 5.41) is 1.65. The van der Waals surface area contributed by atoms with E-state index in [4.69, 9.17) is 0 Å². The molecule has 0 unspecified atom stereocenters. The van der Waals surface area contributed by atoms with Crippen molar-refractivity contribution in [2.45, 2.75) is 11.8 Å². The predicted octanol–water partition coefficient (Wildman–Crippen LogP) is 3.05. The molecule has 12 heavy (non-hydrogen) atoms. The van der Waals surface area contributed by atoms with Gasteiger partial charge in [-0.3, -0.25) is 0 Å². The van der Waals surface area contributed by atoms with Gasteiger partial charge < -0.3 is 0 Å². The highest BCUT2D eigenvalue weighted by Gasteiger charge is 2.10. The van der Waals surface area contributed by atoms with Gasteiger partial charge in [0.05, 0.1) is 10.6 Å². The summed E-state index contributed by atoms with van der Waals surface area (Å²) in [7, 11) is 0. The number of aryl methyl sites for hydroxylation is 1. The fourth-order valence-corrected chi connectivity index (χ4v) is 1.71. The van der Waals surface area contributed by atoms with E-state index in [0.717, 1.165) is 5.56 Å². The van der Waals surface area contributed by atoms with Crippen LogP contribution in [0.5, 0.6) is 0 Å². The van der Waals surface area contributed by atoms with E-state index < -0.39 is 0 Å². The molecule has 1 aliphatic heterocycles. The zero-order valence-electron chi connectivity index (χ0n) is 6.47. The van der Waals surface area contributed by atoms with Crippen LogP contribution in [0.2, 0.25) is 0 Å². The average molecular weight is 179 g/mol. The van der Waals surface area contributed by atoms with Crippen molar-refractivity contribution in [1.82, 2.24) is 0 Å². The average Bonchev–Trinajstić information content (AvgIpc) is 2.04. The summed E-state index contributed by atoms with van der Waals surface area (Å²) in [6.07, 6.45) is 0. The van der Waals surface area contributed by atoms with Gasteiger partial charge in [0, 0.05) is 5.41 Å². The Bertz CT molecular complexity index is 392. The van der Waals surface area contributed by atoms with Crippen LogP contribution in [0.25, 0.3) is 0 Å². The first-order valence-electron chi connectivity index (χ1n) is 3.52. The Morgan fingerprint density at radius 1 is 1.50 bits per heavy atom. The SMILES string of the molecule is Cc1cc(F)c2c(c1)N=C=CS2. The molecular formula is C9H6FNS. The summed E-state index contributed by atoms with van der Waals surface area (Å²) in [5.41, 5.74) is 1.57. The lowest BCUT2D eigenvalue weighted by Gasteiger charge is -2.06. The number of benzene rings is 1. The second-order valence-corrected chi connectivity index (χ2v) is 3.45. The highest BCUT2D eigenvalue weighted by molar-refractivity contribution is 8.02. The number of rotatable bonds is 0. The van der Waals surface area contributed by atoms with Gasteiger partial charge in [0.1, 0.15) is 5.82 Å². The fourth-order valence-electron chi connectivity index (χ4n) is 1.09. The Balaban J connectivity index is 2.69. The van der Waals surface area contributed by atoms with Crippen molar-refractivity contribution in [3.05, 3.63) is 28.9 Å². The molecule has 0 atom stereocenters. The van der Waals surface area contributed by atoms with Crippen LogP contribution in [-0.4, -0.2) is 5.87 Å². The molecule has 1 aromatic rings. The lowest BCUT2D eigenvalue weighted by atomic mass is 10.2. The molecule has 0 aromatic heterocycles. The van der Waals surface area contributed by atoms with E-state index in [2.05, 4.69) is 10.9 Å². The van der Waals surface area contributed by atoms with Crippen molar-refractivity contribution < 1.29 is 4.39 Å². The van der Waals surface area contributed by atoms with Gasteiger partial charge in [0.2, 0.25) is 0 Å². The van der Waals surface area contributed by atoms with Crippen molar-refractivity contribution in [3.63, 3.8) is 0 Å². The van der Waals surface area contributed by atoms with E-state index in [1.54, 1.807) is 5.41 Å². The van der Waals surface area contributed by atoms with E-state index >= 15 is 0 Å². The van der Waals surface area contributed by atoms with Crippen LogP contribution in [0.4, 0.5) is 10.1 Å². The largest absolute Gasteiger partial charge is 0.206 e. The normalized spacial score (nSPS) is 13.2. The van der Waals surface area contributed by atoms with Crippen LogP contribution in [-0.2, 0) is 0 Å². The van der Waals surface area contributed by atoms with Gasteiger partial charge in [-0.25, -0.2) is 9.38 Å². The maximum Gasteiger partial charge on any atom is 0.139 e. The zero-order valence-corrected chi connectivity index (χ0v) is 7.28. The predicted molar refractivity (Wildman–Crippen MR) is 48.7 cm³/mol. The maximum absolute atomic E-state index is 13.2. The van der Waals surface area contributed by atoms with Gasteiger partial charge >= 0.3 is 0 Å². The Morgan fingerprint density at radius 3 is 3.17 bits per heavy atom.